The summed E-state index contributed by atoms with van der Waals surface area (Å²) < 4.78 is 1.65. The maximum Gasteiger partial charge on any atom is 0.270 e. The molecule has 0 fully saturated rings. The lowest BCUT2D eigenvalue weighted by Crippen LogP contribution is -2.27. The number of nitrogens with zero attached hydrogens (tertiary/aromatic N) is 4. The highest BCUT2D eigenvalue weighted by molar-refractivity contribution is 7.98. The number of pyridine rings is 1. The molecule has 0 aliphatic heterocycles. The van der Waals surface area contributed by atoms with Crippen molar-refractivity contribution in [3.05, 3.63) is 28.2 Å². The summed E-state index contributed by atoms with van der Waals surface area (Å²) in [5.74, 6) is 0. The SMILES string of the molecule is CCC(CC)n1c(=O)c(C#N)cc2cnc(SC)nc21. The van der Waals surface area contributed by atoms with Gasteiger partial charge in [0.25, 0.3) is 5.56 Å². The van der Waals surface area contributed by atoms with Crippen molar-refractivity contribution in [3.8, 4) is 6.07 Å². The van der Waals surface area contributed by atoms with Crippen LogP contribution in [0.2, 0.25) is 0 Å². The van der Waals surface area contributed by atoms with Gasteiger partial charge in [0.2, 0.25) is 0 Å². The molecule has 0 aliphatic rings. The summed E-state index contributed by atoms with van der Waals surface area (Å²) in [5, 5.41) is 10.5. The summed E-state index contributed by atoms with van der Waals surface area (Å²) >= 11 is 1.43. The lowest BCUT2D eigenvalue weighted by atomic mass is 10.1. The fraction of sp³-hybridized carbons (Fsp3) is 0.429. The molecule has 6 heteroatoms. The van der Waals surface area contributed by atoms with Gasteiger partial charge in [-0.25, -0.2) is 9.97 Å². The van der Waals surface area contributed by atoms with E-state index in [-0.39, 0.29) is 17.2 Å². The van der Waals surface area contributed by atoms with Crippen LogP contribution in [0.15, 0.2) is 22.2 Å². The first-order chi connectivity index (χ1) is 9.65. The van der Waals surface area contributed by atoms with Gasteiger partial charge < -0.3 is 0 Å². The fourth-order valence-corrected chi connectivity index (χ4v) is 2.61. The van der Waals surface area contributed by atoms with Crippen LogP contribution in [0.1, 0.15) is 38.3 Å². The highest BCUT2D eigenvalue weighted by Gasteiger charge is 2.17. The van der Waals surface area contributed by atoms with Crippen molar-refractivity contribution < 1.29 is 0 Å². The molecule has 0 atom stereocenters. The molecular weight excluding hydrogens is 272 g/mol. The number of fused-ring (bicyclic) bond motifs is 1. The Morgan fingerprint density at radius 2 is 2.15 bits per heavy atom. The molecule has 0 bridgehead atoms. The Kier molecular flexibility index (Phi) is 4.40. The number of hydrogen-bond donors (Lipinski definition) is 0. The third-order valence-corrected chi connectivity index (χ3v) is 3.92. The van der Waals surface area contributed by atoms with Crippen LogP contribution in [0.4, 0.5) is 0 Å². The zero-order valence-corrected chi connectivity index (χ0v) is 12.6. The van der Waals surface area contributed by atoms with Gasteiger partial charge in [0.1, 0.15) is 17.3 Å². The van der Waals surface area contributed by atoms with E-state index in [2.05, 4.69) is 9.97 Å². The van der Waals surface area contributed by atoms with Crippen molar-refractivity contribution in [2.45, 2.75) is 37.9 Å². The molecule has 0 radical (unpaired) electrons. The van der Waals surface area contributed by atoms with Crippen molar-refractivity contribution in [3.63, 3.8) is 0 Å². The zero-order chi connectivity index (χ0) is 14.7. The first kappa shape index (κ1) is 14.5. The molecule has 104 valence electrons. The minimum absolute atomic E-state index is 0.0444. The summed E-state index contributed by atoms with van der Waals surface area (Å²) in [7, 11) is 0. The maximum atomic E-state index is 12.4. The molecule has 0 spiro atoms. The first-order valence-corrected chi connectivity index (χ1v) is 7.75. The van der Waals surface area contributed by atoms with E-state index in [0.717, 1.165) is 18.2 Å². The van der Waals surface area contributed by atoms with E-state index < -0.39 is 0 Å². The van der Waals surface area contributed by atoms with Gasteiger partial charge in [-0.3, -0.25) is 9.36 Å². The van der Waals surface area contributed by atoms with Gasteiger partial charge >= 0.3 is 0 Å². The number of aromatic nitrogens is 3. The second kappa shape index (κ2) is 6.06. The highest BCUT2D eigenvalue weighted by atomic mass is 32.2. The van der Waals surface area contributed by atoms with Crippen LogP contribution < -0.4 is 5.56 Å². The smallest absolute Gasteiger partial charge is 0.270 e. The Bertz CT molecular complexity index is 728. The second-order valence-corrected chi connectivity index (χ2v) is 5.22. The fourth-order valence-electron chi connectivity index (χ4n) is 2.28. The van der Waals surface area contributed by atoms with Gasteiger partial charge in [0.15, 0.2) is 5.16 Å². The van der Waals surface area contributed by atoms with Crippen molar-refractivity contribution in [1.82, 2.24) is 14.5 Å². The molecule has 0 aromatic carbocycles. The summed E-state index contributed by atoms with van der Waals surface area (Å²) in [6, 6.07) is 3.58. The van der Waals surface area contributed by atoms with Crippen LogP contribution >= 0.6 is 11.8 Å². The number of nitriles is 1. The molecule has 20 heavy (non-hydrogen) atoms. The molecule has 0 saturated carbocycles. The van der Waals surface area contributed by atoms with Gasteiger partial charge in [0.05, 0.1) is 0 Å². The highest BCUT2D eigenvalue weighted by Crippen LogP contribution is 2.21. The summed E-state index contributed by atoms with van der Waals surface area (Å²) in [5.41, 5.74) is 0.492. The van der Waals surface area contributed by atoms with Crippen LogP contribution in [0.25, 0.3) is 11.0 Å². The van der Waals surface area contributed by atoms with Gasteiger partial charge in [0, 0.05) is 17.6 Å². The molecule has 2 aromatic heterocycles. The Hall–Kier alpha value is -1.87. The lowest BCUT2D eigenvalue weighted by molar-refractivity contribution is 0.468. The minimum Gasteiger partial charge on any atom is -0.288 e. The van der Waals surface area contributed by atoms with Crippen LogP contribution in [0.5, 0.6) is 0 Å². The molecule has 0 unspecified atom stereocenters. The van der Waals surface area contributed by atoms with Gasteiger partial charge in [-0.1, -0.05) is 25.6 Å². The monoisotopic (exact) mass is 288 g/mol. The third kappa shape index (κ3) is 2.41. The predicted molar refractivity (Wildman–Crippen MR) is 79.9 cm³/mol. The molecule has 0 saturated heterocycles. The molecule has 2 heterocycles. The van der Waals surface area contributed by atoms with E-state index in [1.54, 1.807) is 16.8 Å². The van der Waals surface area contributed by atoms with Crippen LogP contribution in [0.3, 0.4) is 0 Å². The molecule has 2 aromatic rings. The average molecular weight is 288 g/mol. The number of hydrogen-bond acceptors (Lipinski definition) is 5. The van der Waals surface area contributed by atoms with Gasteiger partial charge in [-0.05, 0) is 25.2 Å². The summed E-state index contributed by atoms with van der Waals surface area (Å²) in [4.78, 5) is 21.1. The molecule has 5 nitrogen and oxygen atoms in total. The maximum absolute atomic E-state index is 12.4. The molecule has 0 amide bonds. The van der Waals surface area contributed by atoms with Gasteiger partial charge in [-0.2, -0.15) is 5.26 Å². The summed E-state index contributed by atoms with van der Waals surface area (Å²) in [6.45, 7) is 4.06. The first-order valence-electron chi connectivity index (χ1n) is 6.52. The van der Waals surface area contributed by atoms with Crippen molar-refractivity contribution in [2.75, 3.05) is 6.26 Å². The van der Waals surface area contributed by atoms with Crippen molar-refractivity contribution in [1.29, 1.82) is 5.26 Å². The largest absolute Gasteiger partial charge is 0.288 e. The normalized spacial score (nSPS) is 10.9. The molecular formula is C14H16N4OS. The van der Waals surface area contributed by atoms with Gasteiger partial charge in [-0.15, -0.1) is 0 Å². The van der Waals surface area contributed by atoms with Crippen molar-refractivity contribution in [2.24, 2.45) is 0 Å². The predicted octanol–water partition coefficient (Wildman–Crippen LogP) is 2.75. The summed E-state index contributed by atoms with van der Waals surface area (Å²) in [6.07, 6.45) is 5.20. The van der Waals surface area contributed by atoms with Crippen molar-refractivity contribution >= 4 is 22.8 Å². The number of rotatable bonds is 4. The minimum atomic E-state index is -0.264. The topological polar surface area (TPSA) is 71.6 Å². The van der Waals surface area contributed by atoms with Crippen LogP contribution in [0, 0.1) is 11.3 Å². The third-order valence-electron chi connectivity index (χ3n) is 3.36. The zero-order valence-electron chi connectivity index (χ0n) is 11.8. The van der Waals surface area contributed by atoms with E-state index in [4.69, 9.17) is 5.26 Å². The molecule has 0 N–H and O–H groups in total. The van der Waals surface area contributed by atoms with Crippen LogP contribution in [-0.2, 0) is 0 Å². The average Bonchev–Trinajstić information content (AvgIpc) is 2.49. The number of thioether (sulfide) groups is 1. The lowest BCUT2D eigenvalue weighted by Gasteiger charge is -2.18. The quantitative estimate of drug-likeness (QED) is 0.639. The van der Waals surface area contributed by atoms with Crippen LogP contribution in [-0.4, -0.2) is 20.8 Å². The Labute approximate surface area is 121 Å². The standard InChI is InChI=1S/C14H16N4OS/c1-4-11(5-2)18-12-10(6-9(7-15)13(18)19)8-16-14(17-12)20-3/h6,8,11H,4-5H2,1-3H3. The molecule has 0 aliphatic carbocycles. The van der Waals surface area contributed by atoms with E-state index in [1.165, 1.54) is 11.8 Å². The Balaban J connectivity index is 2.88. The van der Waals surface area contributed by atoms with E-state index >= 15 is 0 Å². The second-order valence-electron chi connectivity index (χ2n) is 4.45. The molecule has 2 rings (SSSR count). The van der Waals surface area contributed by atoms with E-state index in [1.807, 2.05) is 26.2 Å². The van der Waals surface area contributed by atoms with E-state index in [0.29, 0.717) is 10.8 Å². The Morgan fingerprint density at radius 3 is 2.70 bits per heavy atom. The Morgan fingerprint density at radius 1 is 1.45 bits per heavy atom. The van der Waals surface area contributed by atoms with E-state index in [9.17, 15) is 4.79 Å².